The Morgan fingerprint density at radius 3 is 2.52 bits per heavy atom. The number of aryl methyl sites for hydroxylation is 1. The smallest absolute Gasteiger partial charge is 0.0640 e. The van der Waals surface area contributed by atoms with Crippen molar-refractivity contribution in [1.29, 1.82) is 5.26 Å². The number of hydrogen-bond donors (Lipinski definition) is 1. The van der Waals surface area contributed by atoms with E-state index in [-0.39, 0.29) is 0 Å². The highest BCUT2D eigenvalue weighted by molar-refractivity contribution is 9.10. The first-order valence-electron chi connectivity index (χ1n) is 7.37. The van der Waals surface area contributed by atoms with Gasteiger partial charge in [0.2, 0.25) is 0 Å². The van der Waals surface area contributed by atoms with Crippen LogP contribution in [0.5, 0.6) is 0 Å². The second-order valence-corrected chi connectivity index (χ2v) is 6.28. The zero-order valence-corrected chi connectivity index (χ0v) is 15.7. The zero-order chi connectivity index (χ0) is 17.2. The molecule has 0 spiro atoms. The average Bonchev–Trinajstić information content (AvgIpc) is 2.53. The summed E-state index contributed by atoms with van der Waals surface area (Å²) in [5.74, 6) is 0. The predicted molar refractivity (Wildman–Crippen MR) is 103 cm³/mol. The largest absolute Gasteiger partial charge is 0.398 e. The molecule has 0 aliphatic heterocycles. The molecule has 2 aromatic rings. The number of nitriles is 1. The number of rotatable bonds is 4. The lowest BCUT2D eigenvalue weighted by atomic mass is 10.2. The van der Waals surface area contributed by atoms with Crippen LogP contribution in [0.2, 0.25) is 5.02 Å². The van der Waals surface area contributed by atoms with Gasteiger partial charge < -0.3 is 10.6 Å². The third-order valence-corrected chi connectivity index (χ3v) is 4.13. The van der Waals surface area contributed by atoms with E-state index in [0.29, 0.717) is 6.42 Å². The SMILES string of the molecule is CCN(CCC#N)c1cccc(Cl)c1.Cc1ccc(N)c(Br)c1. The Kier molecular flexibility index (Phi) is 8.53. The number of nitrogens with two attached hydrogens (primary N) is 1. The van der Waals surface area contributed by atoms with Gasteiger partial charge in [-0.1, -0.05) is 23.7 Å². The number of nitrogen functional groups attached to an aromatic ring is 1. The predicted octanol–water partition coefficient (Wildman–Crippen LogP) is 5.42. The van der Waals surface area contributed by atoms with Crippen LogP contribution < -0.4 is 10.6 Å². The third kappa shape index (κ3) is 6.94. The molecule has 0 saturated heterocycles. The summed E-state index contributed by atoms with van der Waals surface area (Å²) in [6.45, 7) is 5.75. The second-order valence-electron chi connectivity index (χ2n) is 4.99. The molecule has 23 heavy (non-hydrogen) atoms. The maximum Gasteiger partial charge on any atom is 0.0640 e. The molecular weight excluding hydrogens is 374 g/mol. The first kappa shape index (κ1) is 19.3. The van der Waals surface area contributed by atoms with Crippen molar-refractivity contribution in [2.75, 3.05) is 23.7 Å². The van der Waals surface area contributed by atoms with E-state index in [4.69, 9.17) is 22.6 Å². The highest BCUT2D eigenvalue weighted by Crippen LogP contribution is 2.20. The summed E-state index contributed by atoms with van der Waals surface area (Å²) in [5.41, 5.74) is 8.63. The number of halogens is 2. The van der Waals surface area contributed by atoms with Gasteiger partial charge in [-0.05, 0) is 65.7 Å². The van der Waals surface area contributed by atoms with Gasteiger partial charge in [0.15, 0.2) is 0 Å². The van der Waals surface area contributed by atoms with Crippen molar-refractivity contribution >= 4 is 38.9 Å². The van der Waals surface area contributed by atoms with Crippen molar-refractivity contribution in [3.8, 4) is 6.07 Å². The molecule has 2 aromatic carbocycles. The van der Waals surface area contributed by atoms with E-state index in [9.17, 15) is 0 Å². The fraction of sp³-hybridized carbons (Fsp3) is 0.278. The molecule has 2 N–H and O–H groups in total. The van der Waals surface area contributed by atoms with E-state index in [2.05, 4.69) is 33.8 Å². The molecule has 0 bridgehead atoms. The maximum absolute atomic E-state index is 8.51. The van der Waals surface area contributed by atoms with E-state index in [1.54, 1.807) is 0 Å². The molecule has 0 unspecified atom stereocenters. The number of anilines is 2. The Morgan fingerprint density at radius 2 is 2.00 bits per heavy atom. The Hall–Kier alpha value is -1.70. The molecule has 3 nitrogen and oxygen atoms in total. The Morgan fingerprint density at radius 1 is 1.26 bits per heavy atom. The van der Waals surface area contributed by atoms with Crippen LogP contribution >= 0.6 is 27.5 Å². The minimum atomic E-state index is 0.542. The normalized spacial score (nSPS) is 9.52. The summed E-state index contributed by atoms with van der Waals surface area (Å²) in [4.78, 5) is 2.13. The fourth-order valence-electron chi connectivity index (χ4n) is 1.96. The van der Waals surface area contributed by atoms with Crippen molar-refractivity contribution in [2.24, 2.45) is 0 Å². The molecule has 2 rings (SSSR count). The van der Waals surface area contributed by atoms with Crippen molar-refractivity contribution < 1.29 is 0 Å². The highest BCUT2D eigenvalue weighted by atomic mass is 79.9. The summed E-state index contributed by atoms with van der Waals surface area (Å²) in [6, 6.07) is 15.7. The van der Waals surface area contributed by atoms with Crippen LogP contribution in [0.3, 0.4) is 0 Å². The lowest BCUT2D eigenvalue weighted by Crippen LogP contribution is -2.23. The van der Waals surface area contributed by atoms with Gasteiger partial charge in [0.1, 0.15) is 0 Å². The molecular formula is C18H21BrClN3. The zero-order valence-electron chi connectivity index (χ0n) is 13.4. The minimum absolute atomic E-state index is 0.542. The first-order chi connectivity index (χ1) is 11.0. The molecule has 122 valence electrons. The number of benzene rings is 2. The lowest BCUT2D eigenvalue weighted by molar-refractivity contribution is 0.827. The second kappa shape index (κ2) is 10.1. The van der Waals surface area contributed by atoms with Gasteiger partial charge >= 0.3 is 0 Å². The summed E-state index contributed by atoms with van der Waals surface area (Å²) in [6.07, 6.45) is 0.542. The van der Waals surface area contributed by atoms with Crippen molar-refractivity contribution in [2.45, 2.75) is 20.3 Å². The molecule has 0 radical (unpaired) electrons. The average molecular weight is 395 g/mol. The summed E-state index contributed by atoms with van der Waals surface area (Å²) >= 11 is 9.21. The van der Waals surface area contributed by atoms with E-state index in [0.717, 1.165) is 34.0 Å². The van der Waals surface area contributed by atoms with E-state index >= 15 is 0 Å². The number of hydrogen-bond acceptors (Lipinski definition) is 3. The topological polar surface area (TPSA) is 53.0 Å². The van der Waals surface area contributed by atoms with E-state index in [1.165, 1.54) is 5.56 Å². The molecule has 0 atom stereocenters. The Labute approximate surface area is 151 Å². The minimum Gasteiger partial charge on any atom is -0.398 e. The molecule has 5 heteroatoms. The van der Waals surface area contributed by atoms with Crippen molar-refractivity contribution in [3.63, 3.8) is 0 Å². The van der Waals surface area contributed by atoms with Gasteiger partial charge in [-0.25, -0.2) is 0 Å². The monoisotopic (exact) mass is 393 g/mol. The van der Waals surface area contributed by atoms with Crippen LogP contribution in [0.1, 0.15) is 18.9 Å². The molecule has 0 aliphatic rings. The summed E-state index contributed by atoms with van der Waals surface area (Å²) < 4.78 is 0.975. The van der Waals surface area contributed by atoms with Gasteiger partial charge in [0, 0.05) is 34.0 Å². The van der Waals surface area contributed by atoms with E-state index < -0.39 is 0 Å². The summed E-state index contributed by atoms with van der Waals surface area (Å²) in [7, 11) is 0. The third-order valence-electron chi connectivity index (χ3n) is 3.20. The van der Waals surface area contributed by atoms with Gasteiger partial charge in [0.25, 0.3) is 0 Å². The van der Waals surface area contributed by atoms with Gasteiger partial charge in [-0.2, -0.15) is 5.26 Å². The van der Waals surface area contributed by atoms with Crippen LogP contribution in [0.4, 0.5) is 11.4 Å². The first-order valence-corrected chi connectivity index (χ1v) is 8.54. The molecule has 0 saturated carbocycles. The van der Waals surface area contributed by atoms with Crippen LogP contribution in [-0.2, 0) is 0 Å². The van der Waals surface area contributed by atoms with Gasteiger partial charge in [-0.15, -0.1) is 0 Å². The maximum atomic E-state index is 8.51. The molecule has 0 aromatic heterocycles. The van der Waals surface area contributed by atoms with Gasteiger partial charge in [0.05, 0.1) is 12.5 Å². The van der Waals surface area contributed by atoms with Crippen LogP contribution in [-0.4, -0.2) is 13.1 Å². The standard InChI is InChI=1S/C11H13ClN2.C7H8BrN/c1-2-14(8-4-7-13)11-6-3-5-10(12)9-11;1-5-2-3-7(9)6(8)4-5/h3,5-6,9H,2,4,8H2,1H3;2-4H,9H2,1H3. The fourth-order valence-corrected chi connectivity index (χ4v) is 2.64. The van der Waals surface area contributed by atoms with Crippen LogP contribution in [0.15, 0.2) is 46.9 Å². The number of nitrogens with zero attached hydrogens (tertiary/aromatic N) is 2. The molecule has 0 heterocycles. The molecule has 0 fully saturated rings. The van der Waals surface area contributed by atoms with Crippen molar-refractivity contribution in [1.82, 2.24) is 0 Å². The van der Waals surface area contributed by atoms with Crippen molar-refractivity contribution in [3.05, 3.63) is 57.5 Å². The van der Waals surface area contributed by atoms with Crippen LogP contribution in [0, 0.1) is 18.3 Å². The van der Waals surface area contributed by atoms with E-state index in [1.807, 2.05) is 49.4 Å². The Balaban J connectivity index is 0.000000253. The quantitative estimate of drug-likeness (QED) is 0.704. The summed E-state index contributed by atoms with van der Waals surface area (Å²) in [5, 5.41) is 9.24. The Bertz CT molecular complexity index is 668. The van der Waals surface area contributed by atoms with Gasteiger partial charge in [-0.3, -0.25) is 0 Å². The molecule has 0 amide bonds. The highest BCUT2D eigenvalue weighted by Gasteiger charge is 2.03. The van der Waals surface area contributed by atoms with Crippen LogP contribution in [0.25, 0.3) is 0 Å². The lowest BCUT2D eigenvalue weighted by Gasteiger charge is -2.21. The molecule has 0 aliphatic carbocycles.